The highest BCUT2D eigenvalue weighted by Crippen LogP contribution is 2.13. The summed E-state index contributed by atoms with van der Waals surface area (Å²) in [5, 5.41) is 2.96. The molecule has 0 aromatic heterocycles. The summed E-state index contributed by atoms with van der Waals surface area (Å²) in [5.74, 6) is 0. The van der Waals surface area contributed by atoms with E-state index in [4.69, 9.17) is 4.74 Å². The van der Waals surface area contributed by atoms with Gasteiger partial charge in [-0.1, -0.05) is 30.3 Å². The van der Waals surface area contributed by atoms with Crippen LogP contribution in [-0.2, 0) is 11.3 Å². The molecule has 4 nitrogen and oxygen atoms in total. The Kier molecular flexibility index (Phi) is 5.41. The van der Waals surface area contributed by atoms with E-state index in [9.17, 15) is 4.79 Å². The fraction of sp³-hybridized carbons (Fsp3) is 0.562. The minimum Gasteiger partial charge on any atom is -0.445 e. The van der Waals surface area contributed by atoms with Crippen molar-refractivity contribution in [2.24, 2.45) is 0 Å². The lowest BCUT2D eigenvalue weighted by atomic mass is 10.0. The Hall–Kier alpha value is -1.55. The highest BCUT2D eigenvalue weighted by Gasteiger charge is 2.22. The molecule has 1 fully saturated rings. The molecule has 0 aliphatic carbocycles. The Balaban J connectivity index is 1.68. The molecule has 0 bridgehead atoms. The van der Waals surface area contributed by atoms with Crippen molar-refractivity contribution in [3.05, 3.63) is 35.9 Å². The number of amides is 1. The van der Waals surface area contributed by atoms with Crippen LogP contribution in [0.5, 0.6) is 0 Å². The number of carbonyl (C=O) groups excluding carboxylic acids is 1. The molecule has 0 spiro atoms. The smallest absolute Gasteiger partial charge is 0.407 e. The molecule has 0 atom stereocenters. The lowest BCUT2D eigenvalue weighted by Gasteiger charge is -2.34. The molecule has 0 radical (unpaired) electrons. The second kappa shape index (κ2) is 7.29. The molecule has 1 aromatic rings. The molecule has 1 saturated heterocycles. The number of hydrogen-bond acceptors (Lipinski definition) is 3. The van der Waals surface area contributed by atoms with Crippen LogP contribution in [0.3, 0.4) is 0 Å². The molecule has 1 aromatic carbocycles. The number of nitrogens with one attached hydrogen (secondary N) is 1. The third-order valence-electron chi connectivity index (χ3n) is 3.79. The molecule has 0 saturated carbocycles. The topological polar surface area (TPSA) is 41.6 Å². The molecule has 1 aliphatic rings. The van der Waals surface area contributed by atoms with Gasteiger partial charge >= 0.3 is 6.09 Å². The van der Waals surface area contributed by atoms with Crippen molar-refractivity contribution >= 4 is 6.09 Å². The van der Waals surface area contributed by atoms with Gasteiger partial charge < -0.3 is 15.0 Å². The van der Waals surface area contributed by atoms with Crippen LogP contribution in [0.15, 0.2) is 30.3 Å². The van der Waals surface area contributed by atoms with Crippen LogP contribution in [0.4, 0.5) is 4.79 Å². The number of rotatable bonds is 4. The van der Waals surface area contributed by atoms with E-state index in [1.807, 2.05) is 30.3 Å². The van der Waals surface area contributed by atoms with Crippen LogP contribution in [0.25, 0.3) is 0 Å². The number of piperidine rings is 1. The number of likely N-dealkylation sites (tertiary alicyclic amines) is 1. The van der Waals surface area contributed by atoms with Crippen LogP contribution >= 0.6 is 0 Å². The van der Waals surface area contributed by atoms with Gasteiger partial charge in [-0.25, -0.2) is 4.79 Å². The number of benzene rings is 1. The molecule has 110 valence electrons. The average Bonchev–Trinajstić information content (AvgIpc) is 2.47. The van der Waals surface area contributed by atoms with Gasteiger partial charge in [0.2, 0.25) is 0 Å². The molecule has 0 unspecified atom stereocenters. The molecule has 1 aliphatic heterocycles. The first-order valence-electron chi connectivity index (χ1n) is 7.36. The minimum atomic E-state index is -0.308. The van der Waals surface area contributed by atoms with Crippen LogP contribution in [0.2, 0.25) is 0 Å². The Morgan fingerprint density at radius 3 is 2.55 bits per heavy atom. The Labute approximate surface area is 121 Å². The van der Waals surface area contributed by atoms with Gasteiger partial charge in [-0.15, -0.1) is 0 Å². The Morgan fingerprint density at radius 1 is 1.30 bits per heavy atom. The first-order chi connectivity index (χ1) is 9.65. The summed E-state index contributed by atoms with van der Waals surface area (Å²) in [4.78, 5) is 14.2. The van der Waals surface area contributed by atoms with E-state index >= 15 is 0 Å². The van der Waals surface area contributed by atoms with Crippen molar-refractivity contribution in [2.45, 2.75) is 45.4 Å². The predicted molar refractivity (Wildman–Crippen MR) is 79.5 cm³/mol. The van der Waals surface area contributed by atoms with Gasteiger partial charge in [0.05, 0.1) is 0 Å². The SMILES string of the molecule is CC(C)N1CCC(NC(=O)OCc2ccccc2)CC1. The lowest BCUT2D eigenvalue weighted by molar-refractivity contribution is 0.121. The largest absolute Gasteiger partial charge is 0.445 e. The number of carbonyl (C=O) groups is 1. The molecule has 1 N–H and O–H groups in total. The third kappa shape index (κ3) is 4.53. The molecule has 1 heterocycles. The fourth-order valence-corrected chi connectivity index (χ4v) is 2.49. The van der Waals surface area contributed by atoms with Gasteiger partial charge in [0.15, 0.2) is 0 Å². The highest BCUT2D eigenvalue weighted by atomic mass is 16.5. The van der Waals surface area contributed by atoms with E-state index in [-0.39, 0.29) is 12.1 Å². The molecular formula is C16H24N2O2. The summed E-state index contributed by atoms with van der Waals surface area (Å²) in [6, 6.07) is 10.6. The van der Waals surface area contributed by atoms with Crippen molar-refractivity contribution < 1.29 is 9.53 Å². The second-order valence-electron chi connectivity index (χ2n) is 5.61. The highest BCUT2D eigenvalue weighted by molar-refractivity contribution is 5.67. The summed E-state index contributed by atoms with van der Waals surface area (Å²) in [6.45, 7) is 6.84. The minimum absolute atomic E-state index is 0.244. The zero-order chi connectivity index (χ0) is 14.4. The number of ether oxygens (including phenoxy) is 1. The van der Waals surface area contributed by atoms with Crippen molar-refractivity contribution in [1.82, 2.24) is 10.2 Å². The van der Waals surface area contributed by atoms with Gasteiger partial charge in [-0.2, -0.15) is 0 Å². The van der Waals surface area contributed by atoms with E-state index < -0.39 is 0 Å². The fourth-order valence-electron chi connectivity index (χ4n) is 2.49. The Bertz CT molecular complexity index is 412. The number of hydrogen-bond donors (Lipinski definition) is 1. The summed E-state index contributed by atoms with van der Waals surface area (Å²) in [7, 11) is 0. The first kappa shape index (κ1) is 14.9. The standard InChI is InChI=1S/C16H24N2O2/c1-13(2)18-10-8-15(9-11-18)17-16(19)20-12-14-6-4-3-5-7-14/h3-7,13,15H,8-12H2,1-2H3,(H,17,19). The van der Waals surface area contributed by atoms with Crippen molar-refractivity contribution in [3.8, 4) is 0 Å². The molecule has 1 amide bonds. The van der Waals surface area contributed by atoms with Gasteiger partial charge in [0.25, 0.3) is 0 Å². The molecule has 2 rings (SSSR count). The van der Waals surface area contributed by atoms with Crippen molar-refractivity contribution in [2.75, 3.05) is 13.1 Å². The predicted octanol–water partition coefficient (Wildman–Crippen LogP) is 2.79. The maximum atomic E-state index is 11.8. The van der Waals surface area contributed by atoms with Crippen molar-refractivity contribution in [1.29, 1.82) is 0 Å². The van der Waals surface area contributed by atoms with E-state index in [0.29, 0.717) is 12.6 Å². The average molecular weight is 276 g/mol. The van der Waals surface area contributed by atoms with Crippen LogP contribution in [-0.4, -0.2) is 36.2 Å². The third-order valence-corrected chi connectivity index (χ3v) is 3.79. The zero-order valence-corrected chi connectivity index (χ0v) is 12.3. The van der Waals surface area contributed by atoms with Gasteiger partial charge in [0, 0.05) is 25.2 Å². The normalized spacial score (nSPS) is 17.1. The van der Waals surface area contributed by atoms with Gasteiger partial charge in [-0.05, 0) is 32.3 Å². The maximum absolute atomic E-state index is 11.8. The van der Waals surface area contributed by atoms with Gasteiger partial charge in [0.1, 0.15) is 6.61 Å². The lowest BCUT2D eigenvalue weighted by Crippen LogP contribution is -2.46. The summed E-state index contributed by atoms with van der Waals surface area (Å²) in [6.07, 6.45) is 1.69. The quantitative estimate of drug-likeness (QED) is 0.919. The molecule has 20 heavy (non-hydrogen) atoms. The first-order valence-corrected chi connectivity index (χ1v) is 7.36. The summed E-state index contributed by atoms with van der Waals surface area (Å²) in [5.41, 5.74) is 1.01. The van der Waals surface area contributed by atoms with E-state index in [2.05, 4.69) is 24.1 Å². The second-order valence-corrected chi connectivity index (χ2v) is 5.61. The Morgan fingerprint density at radius 2 is 1.95 bits per heavy atom. The van der Waals surface area contributed by atoms with E-state index in [0.717, 1.165) is 31.5 Å². The van der Waals surface area contributed by atoms with Crippen molar-refractivity contribution in [3.63, 3.8) is 0 Å². The van der Waals surface area contributed by atoms with E-state index in [1.54, 1.807) is 0 Å². The van der Waals surface area contributed by atoms with E-state index in [1.165, 1.54) is 0 Å². The van der Waals surface area contributed by atoms with Crippen LogP contribution < -0.4 is 5.32 Å². The number of nitrogens with zero attached hydrogens (tertiary/aromatic N) is 1. The van der Waals surface area contributed by atoms with Crippen LogP contribution in [0.1, 0.15) is 32.3 Å². The van der Waals surface area contributed by atoms with Gasteiger partial charge in [-0.3, -0.25) is 0 Å². The van der Waals surface area contributed by atoms with Crippen LogP contribution in [0, 0.1) is 0 Å². The number of alkyl carbamates (subject to hydrolysis) is 1. The summed E-state index contributed by atoms with van der Waals surface area (Å²) >= 11 is 0. The summed E-state index contributed by atoms with van der Waals surface area (Å²) < 4.78 is 5.24. The monoisotopic (exact) mass is 276 g/mol. The zero-order valence-electron chi connectivity index (χ0n) is 12.3. The molecular weight excluding hydrogens is 252 g/mol. The molecule has 4 heteroatoms. The maximum Gasteiger partial charge on any atom is 0.407 e.